The largest absolute Gasteiger partial charge is 2.00 e. The van der Waals surface area contributed by atoms with E-state index in [9.17, 15) is 0 Å². The van der Waals surface area contributed by atoms with Crippen LogP contribution in [0.1, 0.15) is 183 Å². The third kappa shape index (κ3) is 18.7. The van der Waals surface area contributed by atoms with Crippen LogP contribution in [-0.2, 0) is 44.4 Å². The van der Waals surface area contributed by atoms with Gasteiger partial charge in [0.1, 0.15) is 0 Å². The average Bonchev–Trinajstić information content (AvgIpc) is 1.54. The maximum Gasteiger partial charge on any atom is 2.00 e. The molecule has 3 aliphatic heterocycles. The van der Waals surface area contributed by atoms with Gasteiger partial charge in [-0.3, -0.25) is 4.98 Å². The van der Waals surface area contributed by atoms with Crippen LogP contribution in [0.15, 0.2) is 186 Å². The molecule has 0 saturated carbocycles. The number of aromatic nitrogens is 8. The van der Waals surface area contributed by atoms with E-state index < -0.39 is 5.41 Å². The second kappa shape index (κ2) is 41.5. The zero-order valence-corrected chi connectivity index (χ0v) is 99.7. The van der Waals surface area contributed by atoms with Crippen LogP contribution in [0.2, 0.25) is 0 Å². The van der Waals surface area contributed by atoms with Gasteiger partial charge in [0.2, 0.25) is 0 Å². The second-order valence-electron chi connectivity index (χ2n) is 31.4. The van der Waals surface area contributed by atoms with Gasteiger partial charge in [0.05, 0.1) is 71.2 Å². The van der Waals surface area contributed by atoms with E-state index in [1.54, 1.807) is 0 Å². The number of halogens is 16. The Kier molecular flexibility index (Phi) is 32.6. The molecule has 0 N–H and O–H groups in total. The molecule has 9 heterocycles. The summed E-state index contributed by atoms with van der Waals surface area (Å²) >= 11 is 66.5. The van der Waals surface area contributed by atoms with Gasteiger partial charge in [-0.1, -0.05) is 384 Å². The van der Waals surface area contributed by atoms with Crippen molar-refractivity contribution in [1.29, 1.82) is 0 Å². The number of rotatable bonds is 21. The number of nitrogens with zero attached hydrogens (tertiary/aromatic N) is 8. The Morgan fingerprint density at radius 3 is 0.968 bits per heavy atom. The molecule has 4 aliphatic rings. The maximum absolute atomic E-state index is 5.98. The molecule has 0 unspecified atom stereocenters. The van der Waals surface area contributed by atoms with Gasteiger partial charge in [0, 0.05) is 46.9 Å². The number of aryl methyl sites for hydroxylation is 5. The minimum atomic E-state index is -0.540. The number of hydrogen-bond acceptors (Lipinski definition) is 4. The molecule has 26 heteroatoms. The van der Waals surface area contributed by atoms with E-state index in [1.165, 1.54) is 47.9 Å². The quantitative estimate of drug-likeness (QED) is 0.0517. The van der Waals surface area contributed by atoms with Crippen molar-refractivity contribution < 1.29 is 39.0 Å². The van der Waals surface area contributed by atoms with Gasteiger partial charge in [-0.25, -0.2) is 15.0 Å². The minimum absolute atomic E-state index is 0. The summed E-state index contributed by atoms with van der Waals surface area (Å²) in [5.41, 5.74) is 30.3. The number of benzene rings is 6. The average molecular weight is 2770 g/mol. The fourth-order valence-electron chi connectivity index (χ4n) is 17.0. The van der Waals surface area contributed by atoms with Crippen LogP contribution in [0.5, 0.6) is 0 Å². The van der Waals surface area contributed by atoms with Gasteiger partial charge in [-0.05, 0) is 271 Å². The molecule has 0 amide bonds. The summed E-state index contributed by atoms with van der Waals surface area (Å²) in [5, 5.41) is 0. The summed E-state index contributed by atoms with van der Waals surface area (Å²) in [5.74, 6) is 0. The van der Waals surface area contributed by atoms with Crippen LogP contribution >= 0.6 is 255 Å². The summed E-state index contributed by atoms with van der Waals surface area (Å²) in [6.07, 6.45) is 15.4. The fraction of sp³-hybridized carbons (Fsp3) is 0.224. The van der Waals surface area contributed by atoms with Crippen LogP contribution in [0.4, 0.5) is 0 Å². The Balaban J connectivity index is 0.00000626. The standard InChI is InChI=1S/C98H74Br16N8.2Zn/c1-8-10-12-14-16-18-40-98(41-19-17-15-13-11-9-2)60-43-56(70-94-82(111)78(107)90(119-94)66(52-28-20-47(3)21-29-52)86(62(100)46-99)115-51(7)42-63-72(101)75(104)87(116-63)67(53-30-22-48(4)23-31-53)91-79(108)83(112)95(70)120-91)36-38-58(60)59-39-37-57(44-61(59)98)71-96-84(113)80(109)92(121-96)68(54-32-24-49(5)25-33-54)88-76(105)73(102)64(117-88)45-65-74(103)77(106)89(118-65)69(55-34-26-50(6)27-35-55)93-81(110)85(114)97(71)122-93;;/h20-39,42-46H,8-19,40-41H2,1-7H3;;/q-4;2*+2/b51-42?,62-46-,63-42?,64-45?,65-45?,86-66?,87-67?,88-68?,89-69?,90-66?,91-67?,92-68?,93-69?,94-70?,95-70?,96-71?,97-71?,115-51?,115-86?;;. The van der Waals surface area contributed by atoms with Crippen molar-refractivity contribution in [2.45, 2.75) is 144 Å². The van der Waals surface area contributed by atoms with E-state index >= 15 is 0 Å². The Hall–Kier alpha value is -2.55. The van der Waals surface area contributed by atoms with Crippen molar-refractivity contribution in [1.82, 2.24) is 39.9 Å². The van der Waals surface area contributed by atoms with Crippen LogP contribution < -0.4 is 19.9 Å². The second-order valence-corrected chi connectivity index (χ2v) is 43.8. The predicted molar refractivity (Wildman–Crippen MR) is 571 cm³/mol. The number of unbranched alkanes of at least 4 members (excludes halogenated alkanes) is 10. The molecule has 6 aromatic carbocycles. The molecular formula is C98H74Br16N8Zn2. The zero-order chi connectivity index (χ0) is 86.2. The first-order chi connectivity index (χ1) is 58.7. The van der Waals surface area contributed by atoms with E-state index in [0.717, 1.165) is 216 Å². The van der Waals surface area contributed by atoms with Gasteiger partial charge >= 0.3 is 39.0 Å². The van der Waals surface area contributed by atoms with Crippen molar-refractivity contribution in [3.05, 3.63) is 265 Å². The van der Waals surface area contributed by atoms with Gasteiger partial charge in [-0.2, -0.15) is 0 Å². The van der Waals surface area contributed by atoms with Crippen molar-refractivity contribution in [3.63, 3.8) is 0 Å². The van der Waals surface area contributed by atoms with E-state index in [1.807, 2.05) is 24.0 Å². The third-order valence-corrected chi connectivity index (χ3v) is 39.5. The zero-order valence-electron chi connectivity index (χ0n) is 68.4. The van der Waals surface area contributed by atoms with Crippen molar-refractivity contribution in [2.24, 2.45) is 0 Å². The molecule has 622 valence electrons. The molecule has 0 atom stereocenters. The topological polar surface area (TPSA) is 108 Å². The van der Waals surface area contributed by atoms with Crippen molar-refractivity contribution in [2.75, 3.05) is 0 Å². The molecule has 124 heavy (non-hydrogen) atoms. The molecule has 8 nitrogen and oxygen atoms in total. The first-order valence-electron chi connectivity index (χ1n) is 40.2. The van der Waals surface area contributed by atoms with Crippen molar-refractivity contribution >= 4 is 330 Å². The van der Waals surface area contributed by atoms with Crippen LogP contribution in [0.3, 0.4) is 0 Å². The Morgan fingerprint density at radius 2 is 0.605 bits per heavy atom. The van der Waals surface area contributed by atoms with Gasteiger partial charge in [0.25, 0.3) is 0 Å². The summed E-state index contributed by atoms with van der Waals surface area (Å²) in [6.45, 7) is 15.0. The van der Waals surface area contributed by atoms with E-state index in [2.05, 4.69) is 430 Å². The first kappa shape index (κ1) is 97.5. The first-order valence-corrected chi connectivity index (χ1v) is 53.0. The monoisotopic (exact) mass is 2750 g/mol. The molecule has 1 aliphatic carbocycles. The Morgan fingerprint density at radius 1 is 0.315 bits per heavy atom. The van der Waals surface area contributed by atoms with Gasteiger partial charge < -0.3 is 19.9 Å². The summed E-state index contributed by atoms with van der Waals surface area (Å²) in [6, 6.07) is 52.8. The number of hydrogen-bond donors (Lipinski definition) is 0. The van der Waals surface area contributed by atoms with E-state index in [-0.39, 0.29) is 39.0 Å². The van der Waals surface area contributed by atoms with Crippen LogP contribution in [-0.4, -0.2) is 19.9 Å². The molecule has 16 rings (SSSR count). The molecular weight excluding hydrogens is 2700 g/mol. The maximum atomic E-state index is 5.98. The molecule has 0 spiro atoms. The van der Waals surface area contributed by atoms with Gasteiger partial charge in [0.15, 0.2) is 0 Å². The summed E-state index contributed by atoms with van der Waals surface area (Å²) in [4.78, 5) is 47.9. The van der Waals surface area contributed by atoms with Gasteiger partial charge in [-0.15, -0.1) is 44.1 Å². The molecule has 12 aromatic rings. The molecule has 6 aromatic heterocycles. The third-order valence-electron chi connectivity index (χ3n) is 23.2. The summed E-state index contributed by atoms with van der Waals surface area (Å²) < 4.78 is 11.4. The minimum Gasteiger partial charge on any atom is -0.655 e. The SMILES string of the molecule is CCCCCCCCC1(CCCCCCCC)c2cc(-c3c4nc(c(-c5ccc(C)cc5)c5[n-]c(cc6nc(c(-c7ccc(C)cc7)c7[n-]c3c(Br)c7Br)C(Br)=C6Br)c(Br)c5Br)C(Br)=C4Br)ccc2-c2ccc(-c3c4nc(c(-c5ccc(C)cc5)c5[n-]c(cc(C)nc(/C(Br)=C/Br)c(-c6ccc(C)cc6)c6[n-]c3c(Br)c6Br)c(Br)c5Br)C(Br)=C4Br)cc21.[Zn+2].[Zn+2]. The predicted octanol–water partition coefficient (Wildman–Crippen LogP) is 37.5. The molecule has 0 radical (unpaired) electrons. The molecule has 0 fully saturated rings. The Labute approximate surface area is 883 Å². The van der Waals surface area contributed by atoms with E-state index in [0.29, 0.717) is 94.2 Å². The van der Waals surface area contributed by atoms with Crippen LogP contribution in [0, 0.1) is 34.6 Å². The molecule has 14 bridgehead atoms. The normalized spacial score (nSPS) is 13.3. The number of fused-ring (bicyclic) bond motifs is 17. The smallest absolute Gasteiger partial charge is 0.655 e. The fourth-order valence-corrected chi connectivity index (χ4v) is 23.9. The Bertz CT molecular complexity index is 6740. The van der Waals surface area contributed by atoms with E-state index in [4.69, 9.17) is 39.9 Å². The molecule has 0 saturated heterocycles. The summed E-state index contributed by atoms with van der Waals surface area (Å²) in [7, 11) is 0. The van der Waals surface area contributed by atoms with Crippen molar-refractivity contribution in [3.8, 4) is 77.9 Å². The van der Waals surface area contributed by atoms with Crippen LogP contribution in [0.25, 0.3) is 153 Å².